The lowest BCUT2D eigenvalue weighted by Gasteiger charge is -2.42. The number of carbonyl (C=O) groups excluding carboxylic acids is 1. The van der Waals surface area contributed by atoms with Crippen LogP contribution in [-0.2, 0) is 4.79 Å². The van der Waals surface area contributed by atoms with Gasteiger partial charge in [-0.15, -0.1) is 0 Å². The highest BCUT2D eigenvalue weighted by Gasteiger charge is 2.95. The van der Waals surface area contributed by atoms with E-state index in [-0.39, 0.29) is 5.76 Å². The normalized spacial score (nSPS) is 15.5. The lowest BCUT2D eigenvalue weighted by atomic mass is 9.89. The zero-order chi connectivity index (χ0) is 27.6. The van der Waals surface area contributed by atoms with Crippen molar-refractivity contribution in [3.8, 4) is 0 Å². The summed E-state index contributed by atoms with van der Waals surface area (Å²) >= 11 is 3.40. The number of amides is 1. The van der Waals surface area contributed by atoms with Gasteiger partial charge >= 0.3 is 52.7 Å². The Morgan fingerprint density at radius 3 is 1.41 bits per heavy atom. The van der Waals surface area contributed by atoms with E-state index in [2.05, 4.69) is 21.3 Å². The minimum Gasteiger partial charge on any atom is -0.360 e. The fourth-order valence-electron chi connectivity index (χ4n) is 1.93. The number of aromatic nitrogens is 1. The summed E-state index contributed by atoms with van der Waals surface area (Å²) in [5.41, 5.74) is 0. The first-order valence-electron chi connectivity index (χ1n) is 7.60. The van der Waals surface area contributed by atoms with Crippen molar-refractivity contribution in [3.63, 3.8) is 0 Å². The van der Waals surface area contributed by atoms with E-state index < -0.39 is 58.6 Å². The highest BCUT2D eigenvalue weighted by molar-refractivity contribution is 6.22. The molecule has 0 aromatic carbocycles. The third kappa shape index (κ3) is 3.90. The van der Waals surface area contributed by atoms with E-state index in [1.165, 1.54) is 0 Å². The van der Waals surface area contributed by atoms with E-state index in [0.717, 1.165) is 6.92 Å². The van der Waals surface area contributed by atoms with Crippen LogP contribution >= 0.6 is 11.6 Å². The molecular formula is C13H5ClF16N2O2. The standard InChI is InChI=1S/C13H5ClF16N2O2/c1-3-2-4(32-34-3)31-5(33)6(15,16)7(17,18)8(19,20)9(21,22)10(23,24)11(25,26)12(27,28)13(14,29)30/h2H,1H3,(H,31,32,33). The van der Waals surface area contributed by atoms with Crippen LogP contribution in [0.1, 0.15) is 5.76 Å². The smallest absolute Gasteiger partial charge is 0.360 e. The highest BCUT2D eigenvalue weighted by Crippen LogP contribution is 2.64. The second-order valence-electron chi connectivity index (χ2n) is 6.30. The van der Waals surface area contributed by atoms with E-state index in [1.807, 2.05) is 0 Å². The van der Waals surface area contributed by atoms with Crippen LogP contribution in [0.2, 0.25) is 0 Å². The Morgan fingerprint density at radius 1 is 0.735 bits per heavy atom. The van der Waals surface area contributed by atoms with Crippen LogP contribution in [0.4, 0.5) is 76.1 Å². The van der Waals surface area contributed by atoms with Crippen LogP contribution in [0, 0.1) is 6.92 Å². The van der Waals surface area contributed by atoms with Gasteiger partial charge in [0.15, 0.2) is 5.82 Å². The fourth-order valence-corrected chi connectivity index (χ4v) is 2.05. The first-order chi connectivity index (χ1) is 14.6. The maximum absolute atomic E-state index is 13.7. The molecule has 4 nitrogen and oxygen atoms in total. The van der Waals surface area contributed by atoms with Crippen molar-refractivity contribution < 1.29 is 79.6 Å². The maximum Gasteiger partial charge on any atom is 0.393 e. The molecule has 1 rings (SSSR count). The number of rotatable bonds is 9. The van der Waals surface area contributed by atoms with Crippen molar-refractivity contribution in [2.45, 2.75) is 53.8 Å². The molecule has 198 valence electrons. The summed E-state index contributed by atoms with van der Waals surface area (Å²) in [5, 5.41) is -3.57. The number of alkyl halides is 17. The topological polar surface area (TPSA) is 55.1 Å². The van der Waals surface area contributed by atoms with E-state index in [1.54, 1.807) is 0 Å². The highest BCUT2D eigenvalue weighted by atomic mass is 35.5. The van der Waals surface area contributed by atoms with Crippen molar-refractivity contribution in [3.05, 3.63) is 11.8 Å². The molecule has 0 saturated heterocycles. The van der Waals surface area contributed by atoms with Gasteiger partial charge < -0.3 is 9.84 Å². The quantitative estimate of drug-likeness (QED) is 0.289. The first kappa shape index (κ1) is 29.9. The third-order valence-electron chi connectivity index (χ3n) is 3.88. The van der Waals surface area contributed by atoms with Crippen LogP contribution in [0.3, 0.4) is 0 Å². The molecular weight excluding hydrogens is 556 g/mol. The van der Waals surface area contributed by atoms with E-state index >= 15 is 0 Å². The van der Waals surface area contributed by atoms with Gasteiger partial charge in [0.1, 0.15) is 5.76 Å². The number of aryl methyl sites for hydroxylation is 1. The summed E-state index contributed by atoms with van der Waals surface area (Å²) in [6, 6.07) is 0.460. The Bertz CT molecular complexity index is 922. The molecule has 0 spiro atoms. The lowest BCUT2D eigenvalue weighted by molar-refractivity contribution is -0.445. The number of anilines is 1. The minimum absolute atomic E-state index is 0.346. The summed E-state index contributed by atoms with van der Waals surface area (Å²) in [6.07, 6.45) is 0. The molecule has 0 unspecified atom stereocenters. The van der Waals surface area contributed by atoms with Crippen molar-refractivity contribution in [1.29, 1.82) is 0 Å². The Balaban J connectivity index is 3.57. The van der Waals surface area contributed by atoms with Crippen molar-refractivity contribution in [2.24, 2.45) is 0 Å². The fraction of sp³-hybridized carbons (Fsp3) is 0.692. The third-order valence-corrected chi connectivity index (χ3v) is 4.11. The van der Waals surface area contributed by atoms with Gasteiger partial charge in [-0.25, -0.2) is 0 Å². The van der Waals surface area contributed by atoms with Crippen molar-refractivity contribution in [1.82, 2.24) is 5.16 Å². The van der Waals surface area contributed by atoms with Gasteiger partial charge in [0.2, 0.25) is 0 Å². The molecule has 1 N–H and O–H groups in total. The van der Waals surface area contributed by atoms with Gasteiger partial charge in [0.25, 0.3) is 0 Å². The average Bonchev–Trinajstić information content (AvgIpc) is 3.04. The number of carbonyl (C=O) groups is 1. The van der Waals surface area contributed by atoms with E-state index in [0.29, 0.717) is 11.4 Å². The molecule has 21 heteroatoms. The Labute approximate surface area is 180 Å². The van der Waals surface area contributed by atoms with Crippen LogP contribution in [-0.4, -0.2) is 57.9 Å². The van der Waals surface area contributed by atoms with Gasteiger partial charge in [0.05, 0.1) is 0 Å². The lowest BCUT2D eigenvalue weighted by Crippen LogP contribution is -2.75. The minimum atomic E-state index is -8.65. The number of nitrogens with zero attached hydrogens (tertiary/aromatic N) is 1. The second-order valence-corrected chi connectivity index (χ2v) is 6.77. The first-order valence-corrected chi connectivity index (χ1v) is 7.98. The van der Waals surface area contributed by atoms with Crippen LogP contribution in [0.15, 0.2) is 10.6 Å². The molecule has 1 heterocycles. The SMILES string of the molecule is Cc1cc(NC(=O)C(F)(F)C(F)(F)C(F)(F)C(F)(F)C(F)(F)C(F)(F)C(F)(F)C(F)(F)Cl)no1. The Hall–Kier alpha value is -2.15. The molecule has 0 saturated carbocycles. The number of hydrogen-bond acceptors (Lipinski definition) is 3. The molecule has 0 aliphatic carbocycles. The molecule has 0 fully saturated rings. The molecule has 0 atom stereocenters. The predicted molar refractivity (Wildman–Crippen MR) is 75.3 cm³/mol. The Kier molecular flexibility index (Phi) is 6.98. The van der Waals surface area contributed by atoms with Crippen molar-refractivity contribution in [2.75, 3.05) is 5.32 Å². The molecule has 0 aliphatic rings. The maximum atomic E-state index is 13.7. The predicted octanol–water partition coefficient (Wildman–Crippen LogP) is 6.20. The van der Waals surface area contributed by atoms with Crippen LogP contribution in [0.25, 0.3) is 0 Å². The molecule has 0 radical (unpaired) electrons. The summed E-state index contributed by atoms with van der Waals surface area (Å²) in [5.74, 6) is -62.4. The van der Waals surface area contributed by atoms with Gasteiger partial charge in [-0.1, -0.05) is 5.16 Å². The van der Waals surface area contributed by atoms with Gasteiger partial charge in [0, 0.05) is 6.07 Å². The molecule has 34 heavy (non-hydrogen) atoms. The number of nitrogens with one attached hydrogen (secondary N) is 1. The zero-order valence-corrected chi connectivity index (χ0v) is 16.0. The van der Waals surface area contributed by atoms with E-state index in [9.17, 15) is 75.0 Å². The molecule has 1 aromatic rings. The van der Waals surface area contributed by atoms with Gasteiger partial charge in [-0.3, -0.25) is 4.79 Å². The molecule has 0 bridgehead atoms. The largest absolute Gasteiger partial charge is 0.393 e. The molecule has 0 aliphatic heterocycles. The molecule has 1 aromatic heterocycles. The van der Waals surface area contributed by atoms with Crippen LogP contribution in [0.5, 0.6) is 0 Å². The van der Waals surface area contributed by atoms with Crippen LogP contribution < -0.4 is 5.32 Å². The zero-order valence-electron chi connectivity index (χ0n) is 15.3. The Morgan fingerprint density at radius 2 is 1.09 bits per heavy atom. The van der Waals surface area contributed by atoms with Gasteiger partial charge in [-0.05, 0) is 18.5 Å². The summed E-state index contributed by atoms with van der Waals surface area (Å²) < 4.78 is 217. The van der Waals surface area contributed by atoms with E-state index in [4.69, 9.17) is 0 Å². The monoisotopic (exact) mass is 560 g/mol. The van der Waals surface area contributed by atoms with Crippen molar-refractivity contribution >= 4 is 23.3 Å². The number of hydrogen-bond donors (Lipinski definition) is 1. The summed E-state index contributed by atoms with van der Waals surface area (Å²) in [7, 11) is 0. The molecule has 1 amide bonds. The number of halogens is 17. The second kappa shape index (κ2) is 7.94. The average molecular weight is 561 g/mol. The summed E-state index contributed by atoms with van der Waals surface area (Å²) in [6.45, 7) is 0.993. The van der Waals surface area contributed by atoms with Gasteiger partial charge in [-0.2, -0.15) is 70.2 Å². The summed E-state index contributed by atoms with van der Waals surface area (Å²) in [4.78, 5) is 11.2.